The number of carboxylic acid groups (broad SMARTS) is 1. The minimum atomic E-state index is -1.07. The molecule has 0 aliphatic heterocycles. The average Bonchev–Trinajstić information content (AvgIpc) is 3.01. The summed E-state index contributed by atoms with van der Waals surface area (Å²) in [4.78, 5) is 26.6. The van der Waals surface area contributed by atoms with Gasteiger partial charge in [-0.1, -0.05) is 18.2 Å². The summed E-state index contributed by atoms with van der Waals surface area (Å²) in [6.07, 6.45) is 0.0739. The number of thiazole rings is 1. The topological polar surface area (TPSA) is 88.5 Å². The first-order valence-corrected chi connectivity index (χ1v) is 8.39. The van der Waals surface area contributed by atoms with E-state index in [0.29, 0.717) is 5.01 Å². The molecule has 6 nitrogen and oxygen atoms in total. The van der Waals surface area contributed by atoms with E-state index in [4.69, 9.17) is 9.84 Å². The number of aliphatic carboxylic acids is 1. The third-order valence-electron chi connectivity index (χ3n) is 3.60. The van der Waals surface area contributed by atoms with Crippen molar-refractivity contribution in [2.24, 2.45) is 0 Å². The van der Waals surface area contributed by atoms with Crippen LogP contribution in [-0.4, -0.2) is 35.6 Å². The number of nitrogens with zero attached hydrogens (tertiary/aromatic N) is 1. The van der Waals surface area contributed by atoms with Crippen LogP contribution in [-0.2, 0) is 16.0 Å². The van der Waals surface area contributed by atoms with Gasteiger partial charge in [0.2, 0.25) is 5.91 Å². The molecule has 128 valence electrons. The second kappa shape index (κ2) is 7.31. The summed E-state index contributed by atoms with van der Waals surface area (Å²) in [6.45, 7) is -0.384. The highest BCUT2D eigenvalue weighted by atomic mass is 32.1. The minimum absolute atomic E-state index is 0.0739. The number of hydrogen-bond donors (Lipinski definition) is 2. The third-order valence-corrected chi connectivity index (χ3v) is 4.62. The van der Waals surface area contributed by atoms with Gasteiger partial charge in [0.1, 0.15) is 17.3 Å². The summed E-state index contributed by atoms with van der Waals surface area (Å²) in [5.74, 6) is -0.615. The first kappa shape index (κ1) is 16.9. The summed E-state index contributed by atoms with van der Waals surface area (Å²) >= 11 is 1.43. The number of carboxylic acids is 1. The van der Waals surface area contributed by atoms with E-state index in [-0.39, 0.29) is 18.9 Å². The second-order valence-corrected chi connectivity index (χ2v) is 6.48. The van der Waals surface area contributed by atoms with Crippen molar-refractivity contribution in [1.82, 2.24) is 10.3 Å². The molecule has 0 atom stereocenters. The van der Waals surface area contributed by atoms with E-state index in [1.54, 1.807) is 7.11 Å². The number of fused-ring (bicyclic) bond motifs is 1. The van der Waals surface area contributed by atoms with E-state index in [1.807, 2.05) is 42.5 Å². The fourth-order valence-electron chi connectivity index (χ4n) is 2.39. The van der Waals surface area contributed by atoms with E-state index in [2.05, 4.69) is 10.3 Å². The predicted molar refractivity (Wildman–Crippen MR) is 96.0 cm³/mol. The Balaban J connectivity index is 1.78. The zero-order chi connectivity index (χ0) is 17.8. The van der Waals surface area contributed by atoms with Crippen LogP contribution in [0.15, 0.2) is 42.5 Å². The van der Waals surface area contributed by atoms with E-state index in [9.17, 15) is 9.59 Å². The number of aromatic nitrogens is 1. The molecule has 2 N–H and O–H groups in total. The van der Waals surface area contributed by atoms with Crippen LogP contribution in [0.1, 0.15) is 5.01 Å². The zero-order valence-electron chi connectivity index (χ0n) is 13.5. The molecular formula is C18H16N2O4S. The number of methoxy groups -OCH3 is 1. The van der Waals surface area contributed by atoms with Gasteiger partial charge in [0.05, 0.1) is 23.7 Å². The quantitative estimate of drug-likeness (QED) is 0.709. The third kappa shape index (κ3) is 4.13. The fraction of sp³-hybridized carbons (Fsp3) is 0.167. The number of carbonyl (C=O) groups is 2. The van der Waals surface area contributed by atoms with Gasteiger partial charge < -0.3 is 15.2 Å². The first-order valence-electron chi connectivity index (χ1n) is 7.57. The van der Waals surface area contributed by atoms with Crippen LogP contribution in [0.5, 0.6) is 5.75 Å². The van der Waals surface area contributed by atoms with Crippen LogP contribution in [0.2, 0.25) is 0 Å². The van der Waals surface area contributed by atoms with Gasteiger partial charge in [-0.05, 0) is 35.4 Å². The Bertz CT molecular complexity index is 918. The summed E-state index contributed by atoms with van der Waals surface area (Å²) in [7, 11) is 1.63. The van der Waals surface area contributed by atoms with Gasteiger partial charge in [-0.3, -0.25) is 9.59 Å². The monoisotopic (exact) mass is 356 g/mol. The van der Waals surface area contributed by atoms with Crippen molar-refractivity contribution in [1.29, 1.82) is 0 Å². The molecule has 1 aromatic heterocycles. The lowest BCUT2D eigenvalue weighted by molar-refractivity contribution is -0.137. The molecule has 0 aliphatic rings. The van der Waals surface area contributed by atoms with Crippen molar-refractivity contribution in [2.75, 3.05) is 13.7 Å². The lowest BCUT2D eigenvalue weighted by atomic mass is 10.1. The predicted octanol–water partition coefficient (Wildman–Crippen LogP) is 2.72. The lowest BCUT2D eigenvalue weighted by Gasteiger charge is -2.03. The maximum absolute atomic E-state index is 11.7. The largest absolute Gasteiger partial charge is 0.497 e. The van der Waals surface area contributed by atoms with Gasteiger partial charge in [-0.15, -0.1) is 11.3 Å². The van der Waals surface area contributed by atoms with Crippen molar-refractivity contribution < 1.29 is 19.4 Å². The normalized spacial score (nSPS) is 10.6. The van der Waals surface area contributed by atoms with Crippen LogP contribution in [0.4, 0.5) is 0 Å². The highest BCUT2D eigenvalue weighted by Gasteiger charge is 2.11. The zero-order valence-corrected chi connectivity index (χ0v) is 14.3. The van der Waals surface area contributed by atoms with Gasteiger partial charge in [0.25, 0.3) is 0 Å². The van der Waals surface area contributed by atoms with E-state index in [0.717, 1.165) is 27.1 Å². The Morgan fingerprint density at radius 3 is 2.56 bits per heavy atom. The Morgan fingerprint density at radius 2 is 1.88 bits per heavy atom. The molecular weight excluding hydrogens is 340 g/mol. The second-order valence-electron chi connectivity index (χ2n) is 5.37. The van der Waals surface area contributed by atoms with Gasteiger partial charge >= 0.3 is 5.97 Å². The van der Waals surface area contributed by atoms with Crippen molar-refractivity contribution >= 4 is 33.4 Å². The summed E-state index contributed by atoms with van der Waals surface area (Å²) < 4.78 is 6.15. The molecule has 0 unspecified atom stereocenters. The number of hydrogen-bond acceptors (Lipinski definition) is 5. The van der Waals surface area contributed by atoms with E-state index < -0.39 is 5.97 Å². The molecule has 1 amide bonds. The average molecular weight is 356 g/mol. The number of carbonyl (C=O) groups excluding carboxylic acids is 1. The Labute approximate surface area is 148 Å². The molecule has 0 saturated heterocycles. The Hall–Kier alpha value is -2.93. The molecule has 0 saturated carbocycles. The standard InChI is InChI=1S/C18H16N2O4S/c1-24-13-5-2-11(3-6-13)12-4-7-14-15(8-12)25-17(20-14)9-16(21)19-10-18(22)23/h2-8H,9-10H2,1H3,(H,19,21)(H,22,23). The molecule has 1 heterocycles. The molecule has 3 rings (SSSR count). The van der Waals surface area contributed by atoms with Gasteiger partial charge in [-0.2, -0.15) is 0 Å². The number of rotatable bonds is 6. The minimum Gasteiger partial charge on any atom is -0.497 e. The van der Waals surface area contributed by atoms with Crippen LogP contribution in [0, 0.1) is 0 Å². The maximum Gasteiger partial charge on any atom is 0.322 e. The SMILES string of the molecule is COc1ccc(-c2ccc3nc(CC(=O)NCC(=O)O)sc3c2)cc1. The van der Waals surface area contributed by atoms with E-state index >= 15 is 0 Å². The number of nitrogens with one attached hydrogen (secondary N) is 1. The number of ether oxygens (including phenoxy) is 1. The molecule has 0 spiro atoms. The van der Waals surface area contributed by atoms with Crippen LogP contribution < -0.4 is 10.1 Å². The van der Waals surface area contributed by atoms with Crippen LogP contribution in [0.25, 0.3) is 21.3 Å². The lowest BCUT2D eigenvalue weighted by Crippen LogP contribution is -2.30. The molecule has 0 aliphatic carbocycles. The summed E-state index contributed by atoms with van der Waals surface area (Å²) in [5.41, 5.74) is 2.95. The molecule has 7 heteroatoms. The maximum atomic E-state index is 11.7. The molecule has 0 bridgehead atoms. The molecule has 3 aromatic rings. The molecule has 0 fully saturated rings. The van der Waals surface area contributed by atoms with Gasteiger partial charge in [0, 0.05) is 0 Å². The van der Waals surface area contributed by atoms with Crippen molar-refractivity contribution in [3.63, 3.8) is 0 Å². The van der Waals surface area contributed by atoms with E-state index in [1.165, 1.54) is 11.3 Å². The van der Waals surface area contributed by atoms with Crippen molar-refractivity contribution in [3.05, 3.63) is 47.5 Å². The van der Waals surface area contributed by atoms with Gasteiger partial charge in [-0.25, -0.2) is 4.98 Å². The Morgan fingerprint density at radius 1 is 1.16 bits per heavy atom. The number of amides is 1. The van der Waals surface area contributed by atoms with Crippen LogP contribution in [0.3, 0.4) is 0 Å². The molecule has 25 heavy (non-hydrogen) atoms. The summed E-state index contributed by atoms with van der Waals surface area (Å²) in [6, 6.07) is 13.7. The Kier molecular flexibility index (Phi) is 4.95. The molecule has 2 aromatic carbocycles. The first-order chi connectivity index (χ1) is 12.0. The molecule has 0 radical (unpaired) electrons. The fourth-order valence-corrected chi connectivity index (χ4v) is 3.39. The van der Waals surface area contributed by atoms with Crippen molar-refractivity contribution in [2.45, 2.75) is 6.42 Å². The van der Waals surface area contributed by atoms with Gasteiger partial charge in [0.15, 0.2) is 0 Å². The highest BCUT2D eigenvalue weighted by molar-refractivity contribution is 7.18. The summed E-state index contributed by atoms with van der Waals surface area (Å²) in [5, 5.41) is 11.6. The highest BCUT2D eigenvalue weighted by Crippen LogP contribution is 2.29. The van der Waals surface area contributed by atoms with Crippen LogP contribution >= 0.6 is 11.3 Å². The van der Waals surface area contributed by atoms with Crippen molar-refractivity contribution in [3.8, 4) is 16.9 Å². The smallest absolute Gasteiger partial charge is 0.322 e. The number of benzene rings is 2.